The fraction of sp³-hybridized carbons (Fsp3) is 0.875. The number of ether oxygens (including phenoxy) is 1. The van der Waals surface area contributed by atoms with Crippen molar-refractivity contribution in [3.63, 3.8) is 0 Å². The molecule has 2 heteroatoms. The van der Waals surface area contributed by atoms with E-state index >= 15 is 0 Å². The smallest absolute Gasteiger partial charge is 0.0518 e. The Labute approximate surface area is 114 Å². The maximum absolute atomic E-state index is 5.52. The molecule has 18 heavy (non-hydrogen) atoms. The molecule has 0 amide bonds. The van der Waals surface area contributed by atoms with Gasteiger partial charge in [-0.3, -0.25) is 0 Å². The Kier molecular flexibility index (Phi) is 12.9. The predicted molar refractivity (Wildman–Crippen MR) is 81.1 cm³/mol. The maximum atomic E-state index is 5.52. The van der Waals surface area contributed by atoms with Gasteiger partial charge in [0, 0.05) is 13.2 Å². The van der Waals surface area contributed by atoms with Gasteiger partial charge in [-0.25, -0.2) is 0 Å². The van der Waals surface area contributed by atoms with Crippen molar-refractivity contribution in [2.45, 2.75) is 71.8 Å². The molecule has 2 nitrogen and oxygen atoms in total. The second kappa shape index (κ2) is 13.1. The topological polar surface area (TPSA) is 21.3 Å². The zero-order valence-electron chi connectivity index (χ0n) is 12.8. The van der Waals surface area contributed by atoms with Gasteiger partial charge in [0.15, 0.2) is 0 Å². The van der Waals surface area contributed by atoms with Crippen molar-refractivity contribution in [2.75, 3.05) is 19.7 Å². The van der Waals surface area contributed by atoms with Crippen LogP contribution in [-0.4, -0.2) is 25.8 Å². The van der Waals surface area contributed by atoms with Crippen LogP contribution in [0.1, 0.15) is 65.7 Å². The minimum atomic E-state index is 0.386. The quantitative estimate of drug-likeness (QED) is 0.391. The Bertz CT molecular complexity index is 190. The molecule has 0 heterocycles. The second-order valence-corrected chi connectivity index (χ2v) is 5.53. The molecule has 0 aliphatic carbocycles. The van der Waals surface area contributed by atoms with Crippen molar-refractivity contribution in [1.29, 1.82) is 0 Å². The summed E-state index contributed by atoms with van der Waals surface area (Å²) < 4.78 is 5.52. The van der Waals surface area contributed by atoms with Crippen LogP contribution >= 0.6 is 0 Å². The van der Waals surface area contributed by atoms with E-state index in [-0.39, 0.29) is 0 Å². The molecule has 0 aromatic heterocycles. The van der Waals surface area contributed by atoms with Gasteiger partial charge in [-0.2, -0.15) is 0 Å². The number of hydrogen-bond donors (Lipinski definition) is 1. The summed E-state index contributed by atoms with van der Waals surface area (Å²) in [5, 5.41) is 3.40. The van der Waals surface area contributed by atoms with E-state index in [9.17, 15) is 0 Å². The maximum Gasteiger partial charge on any atom is 0.0518 e. The van der Waals surface area contributed by atoms with Crippen molar-refractivity contribution in [3.05, 3.63) is 12.2 Å². The second-order valence-electron chi connectivity index (χ2n) is 5.53. The van der Waals surface area contributed by atoms with Crippen LogP contribution in [0.15, 0.2) is 12.2 Å². The summed E-state index contributed by atoms with van der Waals surface area (Å²) in [5.74, 6) is 0. The molecular weight excluding hydrogens is 222 g/mol. The first kappa shape index (κ1) is 17.7. The molecule has 0 atom stereocenters. The molecule has 0 rings (SSSR count). The molecular formula is C16H33NO. The monoisotopic (exact) mass is 255 g/mol. The zero-order chi connectivity index (χ0) is 13.6. The molecule has 0 radical (unpaired) electrons. The number of nitrogens with one attached hydrogen (secondary N) is 1. The van der Waals surface area contributed by atoms with Crippen LogP contribution in [0, 0.1) is 0 Å². The third-order valence-corrected chi connectivity index (χ3v) is 2.88. The Morgan fingerprint density at radius 3 is 2.11 bits per heavy atom. The molecule has 0 bridgehead atoms. The lowest BCUT2D eigenvalue weighted by Gasteiger charge is -2.07. The predicted octanol–water partition coefficient (Wildman–Crippen LogP) is 4.31. The van der Waals surface area contributed by atoms with Crippen molar-refractivity contribution >= 4 is 0 Å². The highest BCUT2D eigenvalue weighted by molar-refractivity contribution is 4.90. The van der Waals surface area contributed by atoms with Crippen LogP contribution in [0.3, 0.4) is 0 Å². The van der Waals surface area contributed by atoms with Gasteiger partial charge in [-0.15, -0.1) is 0 Å². The Morgan fingerprint density at radius 2 is 1.56 bits per heavy atom. The molecule has 0 spiro atoms. The lowest BCUT2D eigenvalue weighted by Crippen LogP contribution is -2.16. The van der Waals surface area contributed by atoms with E-state index in [4.69, 9.17) is 4.74 Å². The SMILES string of the molecule is C=C(C)CNCCCCCCCCCOC(C)C. The van der Waals surface area contributed by atoms with E-state index < -0.39 is 0 Å². The van der Waals surface area contributed by atoms with Gasteiger partial charge in [0.2, 0.25) is 0 Å². The fourth-order valence-electron chi connectivity index (χ4n) is 1.86. The Morgan fingerprint density at radius 1 is 1.00 bits per heavy atom. The summed E-state index contributed by atoms with van der Waals surface area (Å²) in [5.41, 5.74) is 1.22. The molecule has 0 aliphatic rings. The van der Waals surface area contributed by atoms with E-state index in [1.165, 1.54) is 50.5 Å². The normalized spacial score (nSPS) is 11.1. The van der Waals surface area contributed by atoms with Crippen molar-refractivity contribution in [2.24, 2.45) is 0 Å². The van der Waals surface area contributed by atoms with Crippen molar-refractivity contribution < 1.29 is 4.74 Å². The highest BCUT2D eigenvalue weighted by atomic mass is 16.5. The summed E-state index contributed by atoms with van der Waals surface area (Å²) in [6, 6.07) is 0. The lowest BCUT2D eigenvalue weighted by atomic mass is 10.1. The number of unbranched alkanes of at least 4 members (excludes halogenated alkanes) is 6. The summed E-state index contributed by atoms with van der Waals surface area (Å²) in [7, 11) is 0. The van der Waals surface area contributed by atoms with E-state index in [0.717, 1.165) is 19.7 Å². The lowest BCUT2D eigenvalue weighted by molar-refractivity contribution is 0.0757. The first-order valence-electron chi connectivity index (χ1n) is 7.59. The van der Waals surface area contributed by atoms with Gasteiger partial charge in [0.05, 0.1) is 6.10 Å². The third kappa shape index (κ3) is 15.7. The van der Waals surface area contributed by atoms with Gasteiger partial charge in [-0.05, 0) is 40.2 Å². The van der Waals surface area contributed by atoms with E-state index in [1.807, 2.05) is 0 Å². The Hall–Kier alpha value is -0.340. The average molecular weight is 255 g/mol. The average Bonchev–Trinajstić information content (AvgIpc) is 2.29. The van der Waals surface area contributed by atoms with Crippen LogP contribution in [0.4, 0.5) is 0 Å². The Balaban J connectivity index is 2.97. The molecule has 0 aromatic carbocycles. The first-order chi connectivity index (χ1) is 8.63. The molecule has 0 fully saturated rings. The van der Waals surface area contributed by atoms with E-state index in [0.29, 0.717) is 6.10 Å². The minimum Gasteiger partial charge on any atom is -0.379 e. The van der Waals surface area contributed by atoms with Crippen molar-refractivity contribution in [1.82, 2.24) is 5.32 Å². The van der Waals surface area contributed by atoms with Crippen LogP contribution in [0.5, 0.6) is 0 Å². The van der Waals surface area contributed by atoms with Gasteiger partial charge in [0.1, 0.15) is 0 Å². The molecule has 108 valence electrons. The summed E-state index contributed by atoms with van der Waals surface area (Å²) in [6.45, 7) is 13.2. The summed E-state index contributed by atoms with van der Waals surface area (Å²) >= 11 is 0. The number of rotatable bonds is 13. The molecule has 0 aliphatic heterocycles. The molecule has 0 unspecified atom stereocenters. The first-order valence-corrected chi connectivity index (χ1v) is 7.59. The fourth-order valence-corrected chi connectivity index (χ4v) is 1.86. The molecule has 0 saturated heterocycles. The standard InChI is InChI=1S/C16H33NO/c1-15(2)14-17-12-10-8-6-5-7-9-11-13-18-16(3)4/h16-17H,1,5-14H2,2-4H3. The highest BCUT2D eigenvalue weighted by Gasteiger charge is 1.94. The van der Waals surface area contributed by atoms with Crippen LogP contribution in [0.2, 0.25) is 0 Å². The van der Waals surface area contributed by atoms with E-state index in [1.54, 1.807) is 0 Å². The minimum absolute atomic E-state index is 0.386. The largest absolute Gasteiger partial charge is 0.379 e. The molecule has 1 N–H and O–H groups in total. The molecule has 0 saturated carbocycles. The molecule has 0 aromatic rings. The van der Waals surface area contributed by atoms with Crippen LogP contribution in [-0.2, 0) is 4.74 Å². The zero-order valence-corrected chi connectivity index (χ0v) is 12.8. The van der Waals surface area contributed by atoms with E-state index in [2.05, 4.69) is 32.7 Å². The summed E-state index contributed by atoms with van der Waals surface area (Å²) in [4.78, 5) is 0. The third-order valence-electron chi connectivity index (χ3n) is 2.88. The van der Waals surface area contributed by atoms with Gasteiger partial charge < -0.3 is 10.1 Å². The van der Waals surface area contributed by atoms with Gasteiger partial charge in [0.25, 0.3) is 0 Å². The van der Waals surface area contributed by atoms with Crippen molar-refractivity contribution in [3.8, 4) is 0 Å². The summed E-state index contributed by atoms with van der Waals surface area (Å²) in [6.07, 6.45) is 9.69. The van der Waals surface area contributed by atoms with Gasteiger partial charge >= 0.3 is 0 Å². The van der Waals surface area contributed by atoms with Crippen LogP contribution < -0.4 is 5.32 Å². The highest BCUT2D eigenvalue weighted by Crippen LogP contribution is 2.07. The van der Waals surface area contributed by atoms with Crippen LogP contribution in [0.25, 0.3) is 0 Å². The number of hydrogen-bond acceptors (Lipinski definition) is 2. The van der Waals surface area contributed by atoms with Gasteiger partial charge in [-0.1, -0.05) is 44.3 Å².